The lowest BCUT2D eigenvalue weighted by molar-refractivity contribution is -0.132. The van der Waals surface area contributed by atoms with Crippen molar-refractivity contribution in [2.45, 2.75) is 31.3 Å². The van der Waals surface area contributed by atoms with E-state index in [9.17, 15) is 10.1 Å². The first-order chi connectivity index (χ1) is 14.1. The minimum atomic E-state index is -0.245. The third-order valence-electron chi connectivity index (χ3n) is 6.16. The molecule has 2 aliphatic heterocycles. The molecule has 0 spiro atoms. The monoisotopic (exact) mass is 393 g/mol. The molecular weight excluding hydrogens is 366 g/mol. The maximum Gasteiger partial charge on any atom is 0.237 e. The van der Waals surface area contributed by atoms with Crippen LogP contribution < -0.4 is 9.64 Å². The molecule has 2 aliphatic rings. The number of pyridine rings is 1. The van der Waals surface area contributed by atoms with Crippen molar-refractivity contribution >= 4 is 22.5 Å². The highest BCUT2D eigenvalue weighted by molar-refractivity contribution is 5.83. The molecule has 2 aromatic rings. The number of hydrogen-bond acceptors (Lipinski definition) is 6. The Morgan fingerprint density at radius 3 is 3.00 bits per heavy atom. The number of hydrogen-bond donors (Lipinski definition) is 0. The van der Waals surface area contributed by atoms with Crippen molar-refractivity contribution in [3.63, 3.8) is 0 Å². The van der Waals surface area contributed by atoms with Crippen molar-refractivity contribution in [1.29, 1.82) is 5.26 Å². The van der Waals surface area contributed by atoms with Gasteiger partial charge in [0.2, 0.25) is 5.91 Å². The Labute approximate surface area is 171 Å². The molecule has 0 aliphatic carbocycles. The predicted octanol–water partition coefficient (Wildman–Crippen LogP) is 2.27. The van der Waals surface area contributed by atoms with Crippen LogP contribution in [0.1, 0.15) is 19.3 Å². The van der Waals surface area contributed by atoms with Gasteiger partial charge in [0.25, 0.3) is 0 Å². The van der Waals surface area contributed by atoms with Gasteiger partial charge < -0.3 is 14.5 Å². The van der Waals surface area contributed by atoms with Gasteiger partial charge in [-0.3, -0.25) is 14.7 Å². The number of carbonyl (C=O) groups excluding carboxylic acids is 1. The Hall–Kier alpha value is -2.85. The molecule has 7 heteroatoms. The van der Waals surface area contributed by atoms with Crippen LogP contribution in [0, 0.1) is 11.3 Å². The third kappa shape index (κ3) is 3.99. The number of anilines is 1. The van der Waals surface area contributed by atoms with E-state index >= 15 is 0 Å². The number of fused-ring (bicyclic) bond motifs is 1. The van der Waals surface area contributed by atoms with Crippen molar-refractivity contribution < 1.29 is 9.53 Å². The Balaban J connectivity index is 1.39. The van der Waals surface area contributed by atoms with Gasteiger partial charge in [0, 0.05) is 44.2 Å². The van der Waals surface area contributed by atoms with Crippen LogP contribution in [0.15, 0.2) is 30.5 Å². The molecule has 7 nitrogen and oxygen atoms in total. The summed E-state index contributed by atoms with van der Waals surface area (Å²) >= 11 is 0. The van der Waals surface area contributed by atoms with E-state index in [1.165, 1.54) is 0 Å². The number of nitrogens with zero attached hydrogens (tertiary/aromatic N) is 5. The van der Waals surface area contributed by atoms with Crippen LogP contribution >= 0.6 is 0 Å². The molecule has 29 heavy (non-hydrogen) atoms. The second-order valence-electron chi connectivity index (χ2n) is 7.91. The number of aromatic nitrogens is 1. The normalized spacial score (nSPS) is 22.0. The smallest absolute Gasteiger partial charge is 0.237 e. The number of likely N-dealkylation sites (N-methyl/N-ethyl adjacent to an activating group) is 1. The SMILES string of the molecule is COc1ccc2cc(N(C)[C@H]3CCN(CC(=O)N4CCC[C@H]4C#N)C3)cnc2c1. The lowest BCUT2D eigenvalue weighted by Crippen LogP contribution is -2.42. The second kappa shape index (κ2) is 8.26. The number of ether oxygens (including phenoxy) is 1. The third-order valence-corrected chi connectivity index (χ3v) is 6.16. The molecule has 0 unspecified atom stereocenters. The summed E-state index contributed by atoms with van der Waals surface area (Å²) in [6.07, 6.45) is 4.63. The van der Waals surface area contributed by atoms with Crippen LogP contribution in [0.4, 0.5) is 5.69 Å². The van der Waals surface area contributed by atoms with Crippen molar-refractivity contribution in [1.82, 2.24) is 14.8 Å². The molecular formula is C22H27N5O2. The molecule has 1 amide bonds. The van der Waals surface area contributed by atoms with Gasteiger partial charge in [-0.05, 0) is 37.5 Å². The zero-order valence-electron chi connectivity index (χ0n) is 17.0. The van der Waals surface area contributed by atoms with E-state index in [0.29, 0.717) is 19.1 Å². The van der Waals surface area contributed by atoms with Crippen molar-refractivity contribution in [2.24, 2.45) is 0 Å². The molecule has 4 rings (SSSR count). The first kappa shape index (κ1) is 19.5. The number of nitriles is 1. The number of methoxy groups -OCH3 is 1. The average molecular weight is 393 g/mol. The van der Waals surface area contributed by atoms with Crippen molar-refractivity contribution in [3.8, 4) is 11.8 Å². The van der Waals surface area contributed by atoms with E-state index in [4.69, 9.17) is 4.74 Å². The highest BCUT2D eigenvalue weighted by Crippen LogP contribution is 2.26. The molecule has 0 radical (unpaired) electrons. The molecule has 2 fully saturated rings. The molecule has 2 saturated heterocycles. The summed E-state index contributed by atoms with van der Waals surface area (Å²) in [5.74, 6) is 0.887. The van der Waals surface area contributed by atoms with Gasteiger partial charge in [0.05, 0.1) is 37.1 Å². The van der Waals surface area contributed by atoms with E-state index in [1.807, 2.05) is 24.4 Å². The van der Waals surface area contributed by atoms with Crippen LogP contribution in [0.5, 0.6) is 5.75 Å². The predicted molar refractivity (Wildman–Crippen MR) is 112 cm³/mol. The van der Waals surface area contributed by atoms with E-state index in [2.05, 4.69) is 34.0 Å². The van der Waals surface area contributed by atoms with E-state index in [-0.39, 0.29) is 11.9 Å². The molecule has 0 saturated carbocycles. The van der Waals surface area contributed by atoms with Gasteiger partial charge in [-0.15, -0.1) is 0 Å². The quantitative estimate of drug-likeness (QED) is 0.776. The fourth-order valence-corrected chi connectivity index (χ4v) is 4.37. The van der Waals surface area contributed by atoms with Crippen LogP contribution in [0.25, 0.3) is 10.9 Å². The van der Waals surface area contributed by atoms with E-state index in [1.54, 1.807) is 12.0 Å². The molecule has 1 aromatic carbocycles. The van der Waals surface area contributed by atoms with Gasteiger partial charge >= 0.3 is 0 Å². The summed E-state index contributed by atoms with van der Waals surface area (Å²) in [5.41, 5.74) is 1.99. The maximum atomic E-state index is 12.6. The average Bonchev–Trinajstić information content (AvgIpc) is 3.41. The number of carbonyl (C=O) groups is 1. The zero-order valence-corrected chi connectivity index (χ0v) is 17.0. The first-order valence-corrected chi connectivity index (χ1v) is 10.2. The summed E-state index contributed by atoms with van der Waals surface area (Å²) < 4.78 is 5.27. The molecule has 3 heterocycles. The Morgan fingerprint density at radius 1 is 1.34 bits per heavy atom. The summed E-state index contributed by atoms with van der Waals surface area (Å²) in [4.78, 5) is 23.4. The van der Waals surface area contributed by atoms with Crippen LogP contribution in [-0.4, -0.2) is 73.1 Å². The fourth-order valence-electron chi connectivity index (χ4n) is 4.37. The van der Waals surface area contributed by atoms with Crippen LogP contribution in [0.2, 0.25) is 0 Å². The van der Waals surface area contributed by atoms with Gasteiger partial charge in [-0.2, -0.15) is 5.26 Å². The Kier molecular flexibility index (Phi) is 5.54. The summed E-state index contributed by atoms with van der Waals surface area (Å²) in [7, 11) is 3.75. The van der Waals surface area contributed by atoms with Crippen LogP contribution in [0.3, 0.4) is 0 Å². The number of rotatable bonds is 5. The Morgan fingerprint density at radius 2 is 2.21 bits per heavy atom. The summed E-state index contributed by atoms with van der Waals surface area (Å²) in [6.45, 7) is 2.85. The summed E-state index contributed by atoms with van der Waals surface area (Å²) in [6, 6.07) is 10.4. The fraction of sp³-hybridized carbons (Fsp3) is 0.500. The summed E-state index contributed by atoms with van der Waals surface area (Å²) in [5, 5.41) is 10.3. The zero-order chi connectivity index (χ0) is 20.4. The molecule has 0 bridgehead atoms. The van der Waals surface area contributed by atoms with Gasteiger partial charge in [-0.25, -0.2) is 0 Å². The van der Waals surface area contributed by atoms with Gasteiger partial charge in [-0.1, -0.05) is 0 Å². The lowest BCUT2D eigenvalue weighted by atomic mass is 10.1. The van der Waals surface area contributed by atoms with E-state index < -0.39 is 0 Å². The van der Waals surface area contributed by atoms with Crippen molar-refractivity contribution in [3.05, 3.63) is 30.5 Å². The largest absolute Gasteiger partial charge is 0.497 e. The lowest BCUT2D eigenvalue weighted by Gasteiger charge is -2.27. The maximum absolute atomic E-state index is 12.6. The number of benzene rings is 1. The van der Waals surface area contributed by atoms with Gasteiger partial charge in [0.15, 0.2) is 0 Å². The van der Waals surface area contributed by atoms with E-state index in [0.717, 1.165) is 54.7 Å². The molecule has 152 valence electrons. The number of likely N-dealkylation sites (tertiary alicyclic amines) is 2. The minimum Gasteiger partial charge on any atom is -0.497 e. The highest BCUT2D eigenvalue weighted by atomic mass is 16.5. The Bertz CT molecular complexity index is 940. The molecule has 0 N–H and O–H groups in total. The standard InChI is InChI=1S/C22H27N5O2/c1-25(19-10-16-5-6-20(29-2)11-21(16)24-13-19)18-7-9-26(14-18)15-22(28)27-8-3-4-17(27)12-23/h5-6,10-11,13,17-18H,3-4,7-9,14-15H2,1-2H3/t17-,18-/m0/s1. The minimum absolute atomic E-state index is 0.0821. The second-order valence-corrected chi connectivity index (χ2v) is 7.91. The molecule has 1 aromatic heterocycles. The first-order valence-electron chi connectivity index (χ1n) is 10.2. The van der Waals surface area contributed by atoms with Crippen molar-refractivity contribution in [2.75, 3.05) is 45.2 Å². The van der Waals surface area contributed by atoms with Crippen LogP contribution in [-0.2, 0) is 4.79 Å². The van der Waals surface area contributed by atoms with Gasteiger partial charge in [0.1, 0.15) is 11.8 Å². The number of amides is 1. The topological polar surface area (TPSA) is 72.7 Å². The molecule has 2 atom stereocenters. The highest BCUT2D eigenvalue weighted by Gasteiger charge is 2.32.